The zero-order chi connectivity index (χ0) is 12.8. The van der Waals surface area contributed by atoms with E-state index >= 15 is 0 Å². The van der Waals surface area contributed by atoms with Gasteiger partial charge in [0.25, 0.3) is 0 Å². The van der Waals surface area contributed by atoms with Gasteiger partial charge < -0.3 is 10.1 Å². The smallest absolute Gasteiger partial charge is 0.0627 e. The molecule has 0 aromatic carbocycles. The largest absolute Gasteiger partial charge is 0.376 e. The number of hydrogen-bond donors (Lipinski definition) is 1. The fraction of sp³-hybridized carbons (Fsp3) is 1.00. The van der Waals surface area contributed by atoms with E-state index in [1.165, 1.54) is 44.9 Å². The van der Waals surface area contributed by atoms with Crippen LogP contribution in [0.2, 0.25) is 0 Å². The van der Waals surface area contributed by atoms with Crippen LogP contribution in [0.5, 0.6) is 0 Å². The zero-order valence-electron chi connectivity index (χ0n) is 13.2. The third-order valence-corrected chi connectivity index (χ3v) is 5.31. The molecule has 21 heavy (non-hydrogen) atoms. The van der Waals surface area contributed by atoms with Gasteiger partial charge >= 0.3 is 0 Å². The Morgan fingerprint density at radius 2 is 1.76 bits per heavy atom. The van der Waals surface area contributed by atoms with E-state index in [4.69, 9.17) is 4.74 Å². The fourth-order valence-electron chi connectivity index (χ4n) is 4.44. The first-order valence-electron chi connectivity index (χ1n) is 7.87. The van der Waals surface area contributed by atoms with Crippen LogP contribution in [0.4, 0.5) is 0 Å². The number of hydrogen-bond acceptors (Lipinski definition) is 2. The van der Waals surface area contributed by atoms with Crippen molar-refractivity contribution in [3.05, 3.63) is 0 Å². The van der Waals surface area contributed by atoms with Crippen molar-refractivity contribution in [2.45, 2.75) is 90.8 Å². The summed E-state index contributed by atoms with van der Waals surface area (Å²) < 4.78 is 6.12. The minimum atomic E-state index is 0. The number of nitrogens with one attached hydrogen (secondary N) is 1. The molecular formula is C17H33NOUV. The molecule has 1 radical (unpaired) electrons. The molecule has 2 nitrogen and oxygen atoms in total. The second-order valence-electron chi connectivity index (χ2n) is 8.08. The first-order chi connectivity index (χ1) is 8.48. The van der Waals surface area contributed by atoms with Crippen molar-refractivity contribution in [1.82, 2.24) is 5.32 Å². The Morgan fingerprint density at radius 3 is 2.33 bits per heavy atom. The molecule has 1 saturated carbocycles. The van der Waals surface area contributed by atoms with Crippen LogP contribution in [-0.4, -0.2) is 24.3 Å². The topological polar surface area (TPSA) is 21.3 Å². The third kappa shape index (κ3) is 5.27. The van der Waals surface area contributed by atoms with Crippen molar-refractivity contribution in [3.8, 4) is 0 Å². The van der Waals surface area contributed by atoms with E-state index in [1.807, 2.05) is 0 Å². The van der Waals surface area contributed by atoms with Crippen LogP contribution < -0.4 is 5.32 Å². The van der Waals surface area contributed by atoms with Crippen molar-refractivity contribution in [2.24, 2.45) is 11.3 Å². The average Bonchev–Trinajstić information content (AvgIpc) is 2.85. The predicted octanol–water partition coefficient (Wildman–Crippen LogP) is 4.14. The first-order valence-corrected chi connectivity index (χ1v) is 7.87. The molecule has 1 aliphatic carbocycles. The number of piperidine rings is 1. The monoisotopic (exact) mass is 556 g/mol. The second kappa shape index (κ2) is 8.59. The maximum absolute atomic E-state index is 6.12. The summed E-state index contributed by atoms with van der Waals surface area (Å²) in [7, 11) is 0. The summed E-state index contributed by atoms with van der Waals surface area (Å²) >= 11 is 0. The van der Waals surface area contributed by atoms with Crippen LogP contribution in [0.1, 0.15) is 73.1 Å². The van der Waals surface area contributed by atoms with Gasteiger partial charge in [0.2, 0.25) is 0 Å². The van der Waals surface area contributed by atoms with E-state index in [2.05, 4.69) is 26.1 Å². The quantitative estimate of drug-likeness (QED) is 0.525. The van der Waals surface area contributed by atoms with E-state index in [9.17, 15) is 0 Å². The summed E-state index contributed by atoms with van der Waals surface area (Å²) in [5.74, 6) is 0.774. The minimum absolute atomic E-state index is 0. The van der Waals surface area contributed by atoms with Gasteiger partial charge in [-0.15, -0.1) is 0 Å². The van der Waals surface area contributed by atoms with Crippen LogP contribution in [0, 0.1) is 42.4 Å². The van der Waals surface area contributed by atoms with Gasteiger partial charge in [-0.2, -0.15) is 0 Å². The summed E-state index contributed by atoms with van der Waals surface area (Å²) in [4.78, 5) is 0. The Kier molecular flexibility index (Phi) is 9.23. The standard InChI is InChI=1S/C16H29NO.CH4.U.V/c1-15(2,3)10-14-12-6-9-16(7-4-5-8-16)17-13(12)11-18-14;;;/h12-14,17H,4-11H2,1-3H3;1H4;;. The SMILES string of the molecule is C.CC(C)(C)CC1OCC2NC3(CCCC3)CCC21.[U].[V]. The van der Waals surface area contributed by atoms with Gasteiger partial charge in [0.15, 0.2) is 0 Å². The zero-order valence-corrected chi connectivity index (χ0v) is 18.8. The summed E-state index contributed by atoms with van der Waals surface area (Å²) in [5.41, 5.74) is 0.892. The molecular weight excluding hydrogens is 523 g/mol. The molecule has 2 heterocycles. The normalized spacial score (nSPS) is 33.6. The van der Waals surface area contributed by atoms with Crippen molar-refractivity contribution in [2.75, 3.05) is 6.61 Å². The van der Waals surface area contributed by atoms with Crippen LogP contribution in [-0.2, 0) is 23.3 Å². The number of ether oxygens (including phenoxy) is 1. The molecule has 1 N–H and O–H groups in total. The van der Waals surface area contributed by atoms with Gasteiger partial charge in [0.05, 0.1) is 12.7 Å². The first kappa shape index (κ1) is 22.6. The maximum atomic E-state index is 6.12. The van der Waals surface area contributed by atoms with Gasteiger partial charge in [0.1, 0.15) is 0 Å². The van der Waals surface area contributed by atoms with Crippen molar-refractivity contribution in [3.63, 3.8) is 0 Å². The van der Waals surface area contributed by atoms with Crippen LogP contribution in [0.25, 0.3) is 0 Å². The minimum Gasteiger partial charge on any atom is -0.376 e. The molecule has 2 saturated heterocycles. The average molecular weight is 556 g/mol. The Balaban J connectivity index is 0.00000133. The van der Waals surface area contributed by atoms with Gasteiger partial charge in [-0.05, 0) is 37.5 Å². The van der Waals surface area contributed by atoms with E-state index in [-0.39, 0.29) is 57.1 Å². The maximum Gasteiger partial charge on any atom is 0.0627 e. The summed E-state index contributed by atoms with van der Waals surface area (Å²) in [6, 6.07) is 0.643. The van der Waals surface area contributed by atoms with Gasteiger partial charge in [-0.3, -0.25) is 0 Å². The summed E-state index contributed by atoms with van der Waals surface area (Å²) in [6.07, 6.45) is 10.1. The summed E-state index contributed by atoms with van der Waals surface area (Å²) in [6.45, 7) is 7.95. The molecule has 1 spiro atoms. The Hall–Kier alpha value is 1.56. The molecule has 0 aromatic rings. The van der Waals surface area contributed by atoms with Gasteiger partial charge in [0, 0.05) is 67.2 Å². The fourth-order valence-corrected chi connectivity index (χ4v) is 4.44. The van der Waals surface area contributed by atoms with E-state index in [1.54, 1.807) is 0 Å². The van der Waals surface area contributed by atoms with Crippen molar-refractivity contribution >= 4 is 0 Å². The molecule has 0 bridgehead atoms. The van der Waals surface area contributed by atoms with Crippen molar-refractivity contribution in [1.29, 1.82) is 0 Å². The van der Waals surface area contributed by atoms with E-state index in [0.29, 0.717) is 23.1 Å². The van der Waals surface area contributed by atoms with Crippen LogP contribution in [0.15, 0.2) is 0 Å². The van der Waals surface area contributed by atoms with E-state index in [0.717, 1.165) is 12.5 Å². The van der Waals surface area contributed by atoms with Gasteiger partial charge in [-0.25, -0.2) is 0 Å². The van der Waals surface area contributed by atoms with E-state index < -0.39 is 0 Å². The Bertz CT molecular complexity index is 312. The van der Waals surface area contributed by atoms with Crippen molar-refractivity contribution < 1.29 is 54.4 Å². The summed E-state index contributed by atoms with van der Waals surface area (Å²) in [5, 5.41) is 3.98. The molecule has 4 heteroatoms. The predicted molar refractivity (Wildman–Crippen MR) is 81.4 cm³/mol. The Labute approximate surface area is 167 Å². The molecule has 3 fully saturated rings. The number of rotatable bonds is 1. The molecule has 3 atom stereocenters. The van der Waals surface area contributed by atoms with Crippen LogP contribution >= 0.6 is 0 Å². The molecule has 2 aliphatic heterocycles. The van der Waals surface area contributed by atoms with Crippen LogP contribution in [0.3, 0.4) is 0 Å². The molecule has 0 amide bonds. The molecule has 3 rings (SSSR count). The third-order valence-electron chi connectivity index (χ3n) is 5.31. The second-order valence-corrected chi connectivity index (χ2v) is 8.08. The number of fused-ring (bicyclic) bond motifs is 1. The molecule has 0 aromatic heterocycles. The molecule has 3 aliphatic rings. The molecule has 3 unspecified atom stereocenters. The van der Waals surface area contributed by atoms with Gasteiger partial charge in [-0.1, -0.05) is 41.0 Å². The Morgan fingerprint density at radius 1 is 1.14 bits per heavy atom. The molecule has 121 valence electrons.